The SMILES string of the molecule is N#Cc1ccc(S(=O)(=O)NCC2CCCC(O)C2)c(F)c1. The Kier molecular flexibility index (Phi) is 4.93. The van der Waals surface area contributed by atoms with E-state index in [2.05, 4.69) is 4.72 Å². The van der Waals surface area contributed by atoms with E-state index in [1.807, 2.05) is 0 Å². The number of nitrogens with zero attached hydrogens (tertiary/aromatic N) is 1. The molecule has 0 radical (unpaired) electrons. The molecule has 0 heterocycles. The zero-order chi connectivity index (χ0) is 15.5. The van der Waals surface area contributed by atoms with Crippen LogP contribution < -0.4 is 4.72 Å². The fourth-order valence-corrected chi connectivity index (χ4v) is 3.72. The molecule has 0 spiro atoms. The molecule has 1 saturated carbocycles. The number of halogens is 1. The molecule has 21 heavy (non-hydrogen) atoms. The molecule has 2 unspecified atom stereocenters. The number of aliphatic hydroxyl groups is 1. The summed E-state index contributed by atoms with van der Waals surface area (Å²) in [6, 6.07) is 5.01. The standard InChI is InChI=1S/C14H17FN2O3S/c15-13-7-10(8-16)4-5-14(13)21(19,20)17-9-11-2-1-3-12(18)6-11/h4-5,7,11-12,17-18H,1-3,6,9H2. The van der Waals surface area contributed by atoms with Crippen LogP contribution in [-0.4, -0.2) is 26.2 Å². The molecule has 1 aliphatic rings. The van der Waals surface area contributed by atoms with Gasteiger partial charge in [-0.25, -0.2) is 17.5 Å². The molecule has 2 N–H and O–H groups in total. The van der Waals surface area contributed by atoms with Gasteiger partial charge in [0, 0.05) is 6.54 Å². The van der Waals surface area contributed by atoms with E-state index in [0.717, 1.165) is 31.4 Å². The predicted molar refractivity (Wildman–Crippen MR) is 74.3 cm³/mol. The molecular formula is C14H17FN2O3S. The Morgan fingerprint density at radius 1 is 1.43 bits per heavy atom. The second-order valence-electron chi connectivity index (χ2n) is 5.30. The summed E-state index contributed by atoms with van der Waals surface area (Å²) in [5, 5.41) is 18.2. The highest BCUT2D eigenvalue weighted by molar-refractivity contribution is 7.89. The maximum absolute atomic E-state index is 13.8. The van der Waals surface area contributed by atoms with E-state index in [4.69, 9.17) is 5.26 Å². The first-order valence-corrected chi connectivity index (χ1v) is 8.28. The lowest BCUT2D eigenvalue weighted by Crippen LogP contribution is -2.33. The lowest BCUT2D eigenvalue weighted by atomic mass is 9.87. The van der Waals surface area contributed by atoms with Crippen LogP contribution in [0, 0.1) is 23.1 Å². The number of sulfonamides is 1. The molecule has 5 nitrogen and oxygen atoms in total. The first-order chi connectivity index (χ1) is 9.92. The van der Waals surface area contributed by atoms with E-state index in [0.29, 0.717) is 6.42 Å². The summed E-state index contributed by atoms with van der Waals surface area (Å²) in [5.74, 6) is -0.879. The smallest absolute Gasteiger partial charge is 0.243 e. The largest absolute Gasteiger partial charge is 0.393 e. The zero-order valence-electron chi connectivity index (χ0n) is 11.4. The Balaban J connectivity index is 2.06. The van der Waals surface area contributed by atoms with Gasteiger partial charge >= 0.3 is 0 Å². The molecule has 114 valence electrons. The van der Waals surface area contributed by atoms with Crippen LogP contribution in [0.1, 0.15) is 31.2 Å². The number of nitrogens with one attached hydrogen (secondary N) is 1. The fraction of sp³-hybridized carbons (Fsp3) is 0.500. The van der Waals surface area contributed by atoms with Crippen molar-refractivity contribution in [2.45, 2.75) is 36.7 Å². The highest BCUT2D eigenvalue weighted by Gasteiger charge is 2.24. The molecule has 1 fully saturated rings. The molecular weight excluding hydrogens is 295 g/mol. The van der Waals surface area contributed by atoms with Crippen molar-refractivity contribution in [2.24, 2.45) is 5.92 Å². The van der Waals surface area contributed by atoms with Gasteiger partial charge in [0.05, 0.1) is 17.7 Å². The Morgan fingerprint density at radius 3 is 2.81 bits per heavy atom. The normalized spacial score (nSPS) is 22.7. The van der Waals surface area contributed by atoms with Crippen LogP contribution in [0.3, 0.4) is 0 Å². The highest BCUT2D eigenvalue weighted by Crippen LogP contribution is 2.24. The van der Waals surface area contributed by atoms with E-state index in [1.54, 1.807) is 6.07 Å². The lowest BCUT2D eigenvalue weighted by molar-refractivity contribution is 0.102. The van der Waals surface area contributed by atoms with E-state index in [1.165, 1.54) is 6.07 Å². The molecule has 2 rings (SSSR count). The molecule has 0 amide bonds. The Bertz CT molecular complexity index is 655. The molecule has 1 aromatic carbocycles. The number of benzene rings is 1. The van der Waals surface area contributed by atoms with E-state index in [9.17, 15) is 17.9 Å². The van der Waals surface area contributed by atoms with Gasteiger partial charge in [0.2, 0.25) is 10.0 Å². The number of rotatable bonds is 4. The van der Waals surface area contributed by atoms with Crippen molar-refractivity contribution in [2.75, 3.05) is 6.54 Å². The summed E-state index contributed by atoms with van der Waals surface area (Å²) >= 11 is 0. The molecule has 1 aliphatic carbocycles. The molecule has 1 aromatic rings. The van der Waals surface area contributed by atoms with Crippen LogP contribution in [0.5, 0.6) is 0 Å². The van der Waals surface area contributed by atoms with Gasteiger partial charge in [-0.05, 0) is 43.4 Å². The van der Waals surface area contributed by atoms with Crippen molar-refractivity contribution in [3.8, 4) is 6.07 Å². The second kappa shape index (κ2) is 6.52. The van der Waals surface area contributed by atoms with Gasteiger partial charge in [-0.15, -0.1) is 0 Å². The van der Waals surface area contributed by atoms with Crippen LogP contribution in [0.2, 0.25) is 0 Å². The highest BCUT2D eigenvalue weighted by atomic mass is 32.2. The molecule has 0 aliphatic heterocycles. The maximum atomic E-state index is 13.8. The summed E-state index contributed by atoms with van der Waals surface area (Å²) < 4.78 is 40.3. The first kappa shape index (κ1) is 15.9. The van der Waals surface area contributed by atoms with E-state index in [-0.39, 0.29) is 24.1 Å². The van der Waals surface area contributed by atoms with Crippen molar-refractivity contribution in [3.05, 3.63) is 29.6 Å². The molecule has 7 heteroatoms. The van der Waals surface area contributed by atoms with E-state index >= 15 is 0 Å². The number of nitriles is 1. The van der Waals surface area contributed by atoms with E-state index < -0.39 is 20.7 Å². The Morgan fingerprint density at radius 2 is 2.19 bits per heavy atom. The lowest BCUT2D eigenvalue weighted by Gasteiger charge is -2.25. The number of aliphatic hydroxyl groups excluding tert-OH is 1. The van der Waals surface area contributed by atoms with Crippen LogP contribution in [0.25, 0.3) is 0 Å². The summed E-state index contributed by atoms with van der Waals surface area (Å²) in [4.78, 5) is -0.460. The van der Waals surface area contributed by atoms with Crippen molar-refractivity contribution in [3.63, 3.8) is 0 Å². The third-order valence-electron chi connectivity index (χ3n) is 3.67. The van der Waals surface area contributed by atoms with Gasteiger partial charge in [0.1, 0.15) is 10.7 Å². The van der Waals surface area contributed by atoms with Gasteiger partial charge in [-0.2, -0.15) is 5.26 Å². The minimum absolute atomic E-state index is 0.0602. The molecule has 2 atom stereocenters. The van der Waals surface area contributed by atoms with Crippen LogP contribution >= 0.6 is 0 Å². The van der Waals surface area contributed by atoms with Gasteiger partial charge in [-0.1, -0.05) is 6.42 Å². The molecule has 0 saturated heterocycles. The number of hydrogen-bond acceptors (Lipinski definition) is 4. The van der Waals surface area contributed by atoms with Gasteiger partial charge in [-0.3, -0.25) is 0 Å². The summed E-state index contributed by atoms with van der Waals surface area (Å²) in [6.45, 7) is 0.179. The monoisotopic (exact) mass is 312 g/mol. The van der Waals surface area contributed by atoms with Crippen LogP contribution in [0.4, 0.5) is 4.39 Å². The fourth-order valence-electron chi connectivity index (χ4n) is 2.54. The quantitative estimate of drug-likeness (QED) is 0.882. The topological polar surface area (TPSA) is 90.2 Å². The Labute approximate surface area is 123 Å². The molecule has 0 bridgehead atoms. The minimum atomic E-state index is -3.95. The molecule has 0 aromatic heterocycles. The Hall–Kier alpha value is -1.49. The third kappa shape index (κ3) is 4.00. The van der Waals surface area contributed by atoms with Gasteiger partial charge < -0.3 is 5.11 Å². The average Bonchev–Trinajstić information content (AvgIpc) is 2.45. The summed E-state index contributed by atoms with van der Waals surface area (Å²) in [6.07, 6.45) is 2.61. The second-order valence-corrected chi connectivity index (χ2v) is 7.03. The van der Waals surface area contributed by atoms with Crippen molar-refractivity contribution in [1.82, 2.24) is 4.72 Å². The predicted octanol–water partition coefficient (Wildman–Crippen LogP) is 1.53. The summed E-state index contributed by atoms with van der Waals surface area (Å²) in [5.41, 5.74) is 0.0712. The van der Waals surface area contributed by atoms with Gasteiger partial charge in [0.25, 0.3) is 0 Å². The van der Waals surface area contributed by atoms with Crippen molar-refractivity contribution < 1.29 is 17.9 Å². The third-order valence-corrected chi connectivity index (χ3v) is 5.12. The minimum Gasteiger partial charge on any atom is -0.393 e. The van der Waals surface area contributed by atoms with Crippen LogP contribution in [-0.2, 0) is 10.0 Å². The average molecular weight is 312 g/mol. The number of hydrogen-bond donors (Lipinski definition) is 2. The first-order valence-electron chi connectivity index (χ1n) is 6.80. The maximum Gasteiger partial charge on any atom is 0.243 e. The van der Waals surface area contributed by atoms with Crippen molar-refractivity contribution >= 4 is 10.0 Å². The van der Waals surface area contributed by atoms with Crippen LogP contribution in [0.15, 0.2) is 23.1 Å². The summed E-state index contributed by atoms with van der Waals surface area (Å²) in [7, 11) is -3.95. The zero-order valence-corrected chi connectivity index (χ0v) is 12.2. The van der Waals surface area contributed by atoms with Crippen molar-refractivity contribution in [1.29, 1.82) is 5.26 Å². The van der Waals surface area contributed by atoms with Gasteiger partial charge in [0.15, 0.2) is 0 Å².